The molecule has 0 N–H and O–H groups in total. The first-order valence-corrected chi connectivity index (χ1v) is 12.4. The molecule has 1 atom stereocenters. The van der Waals surface area contributed by atoms with E-state index in [1.54, 1.807) is 0 Å². The Morgan fingerprint density at radius 1 is 0.703 bits per heavy atom. The SMILES string of the molecule is C1=C[C@]2(C=C3Oc4ccccc4N=C13)c1ccccc1-c1nc(-c3ccccc3)c(-c3ccccc3)n12. The predicted octanol–water partition coefficient (Wildman–Crippen LogP) is 7.56. The van der Waals surface area contributed by atoms with Crippen molar-refractivity contribution in [2.45, 2.75) is 5.54 Å². The zero-order valence-electron chi connectivity index (χ0n) is 19.9. The Morgan fingerprint density at radius 2 is 1.41 bits per heavy atom. The summed E-state index contributed by atoms with van der Waals surface area (Å²) in [6, 6.07) is 37.4. The van der Waals surface area contributed by atoms with Crippen molar-refractivity contribution in [3.05, 3.63) is 139 Å². The third-order valence-electron chi connectivity index (χ3n) is 7.37. The van der Waals surface area contributed by atoms with Crippen LogP contribution in [-0.4, -0.2) is 15.3 Å². The number of aliphatic imine (C=N–C) groups is 1. The van der Waals surface area contributed by atoms with Crippen LogP contribution in [0.2, 0.25) is 0 Å². The number of rotatable bonds is 2. The molecule has 0 bridgehead atoms. The van der Waals surface area contributed by atoms with Crippen LogP contribution in [-0.2, 0) is 5.54 Å². The highest BCUT2D eigenvalue weighted by Crippen LogP contribution is 2.52. The zero-order chi connectivity index (χ0) is 24.4. The van der Waals surface area contributed by atoms with Gasteiger partial charge in [-0.3, -0.25) is 0 Å². The molecule has 0 amide bonds. The normalized spacial score (nSPS) is 18.3. The standard InChI is InChI=1S/C33H21N3O/c1-3-11-22(12-4-1)30-31(23-13-5-2-6-14-23)36-32(35-30)24-15-7-8-16-25(24)33(36)20-19-27-29(21-33)37-28-18-10-9-17-26(28)34-27/h1-21H/t33-/m0/s1. The number of benzene rings is 4. The van der Waals surface area contributed by atoms with Gasteiger partial charge in [0, 0.05) is 16.7 Å². The Balaban J connectivity index is 1.44. The monoisotopic (exact) mass is 475 g/mol. The van der Waals surface area contributed by atoms with Crippen molar-refractivity contribution in [1.82, 2.24) is 9.55 Å². The Hall–Kier alpha value is -4.96. The van der Waals surface area contributed by atoms with Crippen LogP contribution in [0.15, 0.2) is 138 Å². The third-order valence-corrected chi connectivity index (χ3v) is 7.37. The van der Waals surface area contributed by atoms with Gasteiger partial charge < -0.3 is 9.30 Å². The van der Waals surface area contributed by atoms with Crippen LogP contribution in [0.25, 0.3) is 33.9 Å². The molecule has 37 heavy (non-hydrogen) atoms. The summed E-state index contributed by atoms with van der Waals surface area (Å²) < 4.78 is 8.81. The van der Waals surface area contributed by atoms with Gasteiger partial charge in [0.1, 0.15) is 22.8 Å². The van der Waals surface area contributed by atoms with Gasteiger partial charge in [0.2, 0.25) is 0 Å². The van der Waals surface area contributed by atoms with E-state index in [2.05, 4.69) is 102 Å². The fourth-order valence-electron chi connectivity index (χ4n) is 5.74. The molecule has 1 spiro atoms. The first-order valence-electron chi connectivity index (χ1n) is 12.4. The van der Waals surface area contributed by atoms with Gasteiger partial charge >= 0.3 is 0 Å². The van der Waals surface area contributed by atoms with Crippen LogP contribution in [0.3, 0.4) is 0 Å². The Bertz CT molecular complexity index is 1790. The third kappa shape index (κ3) is 2.84. The lowest BCUT2D eigenvalue weighted by atomic mass is 9.84. The van der Waals surface area contributed by atoms with E-state index in [-0.39, 0.29) is 0 Å². The van der Waals surface area contributed by atoms with E-state index in [0.29, 0.717) is 0 Å². The first kappa shape index (κ1) is 20.3. The molecular weight excluding hydrogens is 454 g/mol. The van der Waals surface area contributed by atoms with Gasteiger partial charge in [-0.25, -0.2) is 9.98 Å². The van der Waals surface area contributed by atoms with Gasteiger partial charge in [-0.15, -0.1) is 0 Å². The summed E-state index contributed by atoms with van der Waals surface area (Å²) in [6.07, 6.45) is 6.54. The number of aromatic nitrogens is 2. The van der Waals surface area contributed by atoms with E-state index in [4.69, 9.17) is 14.7 Å². The summed E-state index contributed by atoms with van der Waals surface area (Å²) in [4.78, 5) is 10.2. The number of hydrogen-bond acceptors (Lipinski definition) is 3. The average molecular weight is 476 g/mol. The molecule has 3 aliphatic rings. The van der Waals surface area contributed by atoms with E-state index in [1.165, 1.54) is 5.56 Å². The van der Waals surface area contributed by atoms with E-state index >= 15 is 0 Å². The van der Waals surface area contributed by atoms with Crippen LogP contribution in [0.1, 0.15) is 5.56 Å². The summed E-state index contributed by atoms with van der Waals surface area (Å²) in [5.74, 6) is 2.48. The van der Waals surface area contributed by atoms with Crippen LogP contribution < -0.4 is 4.74 Å². The zero-order valence-corrected chi connectivity index (χ0v) is 19.9. The fourth-order valence-corrected chi connectivity index (χ4v) is 5.74. The van der Waals surface area contributed by atoms with Crippen LogP contribution >= 0.6 is 0 Å². The summed E-state index contributed by atoms with van der Waals surface area (Å²) in [5.41, 5.74) is 7.65. The number of hydrogen-bond donors (Lipinski definition) is 0. The molecule has 0 unspecified atom stereocenters. The predicted molar refractivity (Wildman–Crippen MR) is 147 cm³/mol. The van der Waals surface area contributed by atoms with Crippen molar-refractivity contribution in [2.24, 2.45) is 4.99 Å². The maximum Gasteiger partial charge on any atom is 0.153 e. The minimum Gasteiger partial charge on any atom is -0.453 e. The molecule has 4 nitrogen and oxygen atoms in total. The topological polar surface area (TPSA) is 39.4 Å². The highest BCUT2D eigenvalue weighted by molar-refractivity contribution is 6.11. The van der Waals surface area contributed by atoms with E-state index < -0.39 is 5.54 Å². The second kappa shape index (κ2) is 7.52. The number of fused-ring (bicyclic) bond motifs is 7. The largest absolute Gasteiger partial charge is 0.453 e. The smallest absolute Gasteiger partial charge is 0.153 e. The molecule has 4 heteroatoms. The molecule has 0 saturated carbocycles. The summed E-state index contributed by atoms with van der Waals surface area (Å²) >= 11 is 0. The molecule has 8 rings (SSSR count). The lowest BCUT2D eigenvalue weighted by Gasteiger charge is -2.33. The molecule has 174 valence electrons. The Kier molecular flexibility index (Phi) is 4.12. The second-order valence-corrected chi connectivity index (χ2v) is 9.48. The quantitative estimate of drug-likeness (QED) is 0.264. The van der Waals surface area contributed by atoms with Crippen molar-refractivity contribution < 1.29 is 4.74 Å². The highest BCUT2D eigenvalue weighted by Gasteiger charge is 2.46. The van der Waals surface area contributed by atoms with Crippen molar-refractivity contribution >= 4 is 11.4 Å². The molecule has 0 saturated heterocycles. The number of imidazole rings is 1. The van der Waals surface area contributed by atoms with Gasteiger partial charge in [0.15, 0.2) is 11.5 Å². The molecule has 2 aliphatic heterocycles. The average Bonchev–Trinajstić information content (AvgIpc) is 3.48. The van der Waals surface area contributed by atoms with Crippen molar-refractivity contribution in [3.63, 3.8) is 0 Å². The van der Waals surface area contributed by atoms with Crippen molar-refractivity contribution in [2.75, 3.05) is 0 Å². The molecular formula is C33H21N3O. The highest BCUT2D eigenvalue weighted by atomic mass is 16.5. The minimum absolute atomic E-state index is 0.599. The Labute approximate surface area is 214 Å². The molecule has 5 aromatic rings. The van der Waals surface area contributed by atoms with E-state index in [0.717, 1.165) is 56.8 Å². The summed E-state index contributed by atoms with van der Waals surface area (Å²) in [7, 11) is 0. The number of allylic oxidation sites excluding steroid dienone is 3. The van der Waals surface area contributed by atoms with Crippen molar-refractivity contribution in [3.8, 4) is 39.7 Å². The van der Waals surface area contributed by atoms with Gasteiger partial charge in [-0.2, -0.15) is 0 Å². The summed E-state index contributed by atoms with van der Waals surface area (Å²) in [6.45, 7) is 0. The Morgan fingerprint density at radius 3 is 2.24 bits per heavy atom. The number of nitrogens with zero attached hydrogens (tertiary/aromatic N) is 3. The van der Waals surface area contributed by atoms with Gasteiger partial charge in [0.05, 0.1) is 11.4 Å². The van der Waals surface area contributed by atoms with E-state index in [1.807, 2.05) is 30.3 Å². The van der Waals surface area contributed by atoms with Crippen LogP contribution in [0.5, 0.6) is 5.75 Å². The molecule has 1 aliphatic carbocycles. The number of ether oxygens (including phenoxy) is 1. The first-order chi connectivity index (χ1) is 18.3. The molecule has 4 aromatic carbocycles. The van der Waals surface area contributed by atoms with Gasteiger partial charge in [0.25, 0.3) is 0 Å². The maximum absolute atomic E-state index is 6.43. The molecule has 0 fully saturated rings. The van der Waals surface area contributed by atoms with Crippen LogP contribution in [0, 0.1) is 0 Å². The lowest BCUT2D eigenvalue weighted by molar-refractivity contribution is 0.434. The van der Waals surface area contributed by atoms with Gasteiger partial charge in [-0.1, -0.05) is 97.1 Å². The van der Waals surface area contributed by atoms with Gasteiger partial charge in [-0.05, 0) is 35.9 Å². The minimum atomic E-state index is -0.599. The molecule has 1 aromatic heterocycles. The van der Waals surface area contributed by atoms with Crippen molar-refractivity contribution in [1.29, 1.82) is 0 Å². The molecule has 3 heterocycles. The van der Waals surface area contributed by atoms with E-state index in [9.17, 15) is 0 Å². The second-order valence-electron chi connectivity index (χ2n) is 9.48. The maximum atomic E-state index is 6.43. The summed E-state index contributed by atoms with van der Waals surface area (Å²) in [5, 5.41) is 0. The number of para-hydroxylation sites is 2. The fraction of sp³-hybridized carbons (Fsp3) is 0.0303. The lowest BCUT2D eigenvalue weighted by Crippen LogP contribution is -2.33. The molecule has 0 radical (unpaired) electrons. The van der Waals surface area contributed by atoms with Crippen LogP contribution in [0.4, 0.5) is 5.69 Å².